The average molecular weight is 350 g/mol. The van der Waals surface area contributed by atoms with Crippen LogP contribution in [0.4, 0.5) is 5.69 Å². The Labute approximate surface area is 144 Å². The van der Waals surface area contributed by atoms with Gasteiger partial charge < -0.3 is 15.0 Å². The molecule has 0 unspecified atom stereocenters. The van der Waals surface area contributed by atoms with E-state index in [0.29, 0.717) is 11.7 Å². The number of nitrogens with zero attached hydrogens (tertiary/aromatic N) is 3. The molecule has 1 N–H and O–H groups in total. The summed E-state index contributed by atoms with van der Waals surface area (Å²) in [6.07, 6.45) is 1.55. The lowest BCUT2D eigenvalue weighted by Crippen LogP contribution is -2.42. The molecule has 0 amide bonds. The van der Waals surface area contributed by atoms with Gasteiger partial charge in [-0.3, -0.25) is 4.79 Å². The molecule has 6 nitrogen and oxygen atoms in total. The van der Waals surface area contributed by atoms with Crippen molar-refractivity contribution in [3.63, 3.8) is 0 Å². The predicted octanol–water partition coefficient (Wildman–Crippen LogP) is 2.66. The van der Waals surface area contributed by atoms with Crippen molar-refractivity contribution >= 4 is 51.7 Å². The number of rotatable bonds is 3. The van der Waals surface area contributed by atoms with Crippen LogP contribution >= 0.6 is 23.9 Å². The molecule has 0 saturated carbocycles. The van der Waals surface area contributed by atoms with E-state index in [1.807, 2.05) is 25.1 Å². The number of benzene rings is 1. The standard InChI is InChI=1S/C15H18N4O2S2/c1-2-21-14(20)10-5-7-19(8-6-10)15(22)16-11-3-4-12-13(9-11)18-23-17-12/h3-4,9-10H,2,5-8H2,1H3,(H,16,22). The molecule has 1 aliphatic rings. The molecular weight excluding hydrogens is 332 g/mol. The second kappa shape index (κ2) is 7.18. The number of thiocarbonyl (C=S) groups is 1. The zero-order chi connectivity index (χ0) is 16.2. The van der Waals surface area contributed by atoms with E-state index in [0.717, 1.165) is 42.7 Å². The van der Waals surface area contributed by atoms with E-state index < -0.39 is 0 Å². The maximum Gasteiger partial charge on any atom is 0.309 e. The maximum absolute atomic E-state index is 11.8. The second-order valence-corrected chi connectivity index (χ2v) is 6.33. The molecule has 0 atom stereocenters. The predicted molar refractivity (Wildman–Crippen MR) is 94.6 cm³/mol. The third-order valence-corrected chi connectivity index (χ3v) is 4.82. The van der Waals surface area contributed by atoms with Gasteiger partial charge in [-0.1, -0.05) is 0 Å². The molecule has 0 radical (unpaired) electrons. The first-order valence-electron chi connectivity index (χ1n) is 7.62. The highest BCUT2D eigenvalue weighted by molar-refractivity contribution is 7.80. The van der Waals surface area contributed by atoms with E-state index in [1.54, 1.807) is 0 Å². The highest BCUT2D eigenvalue weighted by Crippen LogP contribution is 2.21. The molecule has 3 rings (SSSR count). The minimum atomic E-state index is -0.0903. The Morgan fingerprint density at radius 2 is 2.13 bits per heavy atom. The van der Waals surface area contributed by atoms with Gasteiger partial charge in [0.2, 0.25) is 0 Å². The van der Waals surface area contributed by atoms with Crippen LogP contribution in [-0.2, 0) is 9.53 Å². The fourth-order valence-corrected chi connectivity index (χ4v) is 3.46. The van der Waals surface area contributed by atoms with Crippen LogP contribution < -0.4 is 5.32 Å². The number of aromatic nitrogens is 2. The van der Waals surface area contributed by atoms with Crippen molar-refractivity contribution < 1.29 is 9.53 Å². The van der Waals surface area contributed by atoms with Crippen LogP contribution in [0.2, 0.25) is 0 Å². The molecule has 8 heteroatoms. The number of nitrogens with one attached hydrogen (secondary N) is 1. The summed E-state index contributed by atoms with van der Waals surface area (Å²) < 4.78 is 13.5. The average Bonchev–Trinajstić information content (AvgIpc) is 3.03. The van der Waals surface area contributed by atoms with Crippen LogP contribution in [0.25, 0.3) is 11.0 Å². The van der Waals surface area contributed by atoms with Gasteiger partial charge in [0.15, 0.2) is 5.11 Å². The van der Waals surface area contributed by atoms with Crippen LogP contribution in [0.15, 0.2) is 18.2 Å². The fraction of sp³-hybridized carbons (Fsp3) is 0.467. The van der Waals surface area contributed by atoms with E-state index in [2.05, 4.69) is 19.0 Å². The quantitative estimate of drug-likeness (QED) is 0.674. The Kier molecular flexibility index (Phi) is 5.02. The summed E-state index contributed by atoms with van der Waals surface area (Å²) in [5.41, 5.74) is 2.66. The van der Waals surface area contributed by atoms with Crippen molar-refractivity contribution in [2.45, 2.75) is 19.8 Å². The molecule has 2 aromatic rings. The number of likely N-dealkylation sites (tertiary alicyclic amines) is 1. The smallest absolute Gasteiger partial charge is 0.309 e. The van der Waals surface area contributed by atoms with Gasteiger partial charge in [-0.15, -0.1) is 0 Å². The normalized spacial score (nSPS) is 15.6. The van der Waals surface area contributed by atoms with Gasteiger partial charge in [0.05, 0.1) is 24.3 Å². The molecule has 1 aromatic heterocycles. The molecule has 1 aromatic carbocycles. The van der Waals surface area contributed by atoms with Crippen molar-refractivity contribution in [2.24, 2.45) is 5.92 Å². The van der Waals surface area contributed by atoms with Gasteiger partial charge in [0.25, 0.3) is 0 Å². The maximum atomic E-state index is 11.8. The Bertz CT molecular complexity index is 710. The minimum Gasteiger partial charge on any atom is -0.466 e. The molecular formula is C15H18N4O2S2. The fourth-order valence-electron chi connectivity index (χ4n) is 2.64. The monoisotopic (exact) mass is 350 g/mol. The number of anilines is 1. The summed E-state index contributed by atoms with van der Waals surface area (Å²) >= 11 is 6.68. The van der Waals surface area contributed by atoms with E-state index in [9.17, 15) is 4.79 Å². The van der Waals surface area contributed by atoms with Gasteiger partial charge >= 0.3 is 5.97 Å². The van der Waals surface area contributed by atoms with Crippen molar-refractivity contribution in [3.05, 3.63) is 18.2 Å². The molecule has 1 fully saturated rings. The SMILES string of the molecule is CCOC(=O)C1CCN(C(=S)Nc2ccc3nsnc3c2)CC1. The Hall–Kier alpha value is -1.80. The second-order valence-electron chi connectivity index (χ2n) is 5.41. The van der Waals surface area contributed by atoms with Crippen molar-refractivity contribution in [1.29, 1.82) is 0 Å². The first kappa shape index (κ1) is 16.1. The van der Waals surface area contributed by atoms with Crippen molar-refractivity contribution in [1.82, 2.24) is 13.6 Å². The highest BCUT2D eigenvalue weighted by Gasteiger charge is 2.27. The minimum absolute atomic E-state index is 0.00793. The van der Waals surface area contributed by atoms with Crippen LogP contribution in [0.3, 0.4) is 0 Å². The van der Waals surface area contributed by atoms with Crippen LogP contribution in [0, 0.1) is 5.92 Å². The summed E-state index contributed by atoms with van der Waals surface area (Å²) in [4.78, 5) is 13.9. The number of hydrogen-bond acceptors (Lipinski definition) is 6. The third-order valence-electron chi connectivity index (χ3n) is 3.91. The molecule has 0 bridgehead atoms. The lowest BCUT2D eigenvalue weighted by Gasteiger charge is -2.32. The number of carbonyl (C=O) groups is 1. The van der Waals surface area contributed by atoms with Crippen molar-refractivity contribution in [3.8, 4) is 0 Å². The molecule has 1 aliphatic heterocycles. The third kappa shape index (κ3) is 3.76. The molecule has 1 saturated heterocycles. The van der Waals surface area contributed by atoms with E-state index in [4.69, 9.17) is 17.0 Å². The largest absolute Gasteiger partial charge is 0.466 e. The summed E-state index contributed by atoms with van der Waals surface area (Å²) in [7, 11) is 0. The Balaban J connectivity index is 1.56. The first-order valence-corrected chi connectivity index (χ1v) is 8.76. The molecule has 0 spiro atoms. The zero-order valence-electron chi connectivity index (χ0n) is 12.8. The highest BCUT2D eigenvalue weighted by atomic mass is 32.1. The first-order chi connectivity index (χ1) is 11.2. The zero-order valence-corrected chi connectivity index (χ0v) is 14.5. The number of piperidine rings is 1. The van der Waals surface area contributed by atoms with Crippen LogP contribution in [0.1, 0.15) is 19.8 Å². The summed E-state index contributed by atoms with van der Waals surface area (Å²) in [6.45, 7) is 3.79. The van der Waals surface area contributed by atoms with Crippen molar-refractivity contribution in [2.75, 3.05) is 25.0 Å². The number of hydrogen-bond donors (Lipinski definition) is 1. The van der Waals surface area contributed by atoms with Crippen LogP contribution in [-0.4, -0.2) is 44.4 Å². The van der Waals surface area contributed by atoms with Gasteiger partial charge in [-0.25, -0.2) is 0 Å². The number of ether oxygens (including phenoxy) is 1. The Morgan fingerprint density at radius 1 is 1.39 bits per heavy atom. The van der Waals surface area contributed by atoms with E-state index in [1.165, 1.54) is 11.7 Å². The Morgan fingerprint density at radius 3 is 2.87 bits per heavy atom. The molecule has 0 aliphatic carbocycles. The van der Waals surface area contributed by atoms with Gasteiger partial charge in [-0.2, -0.15) is 8.75 Å². The van der Waals surface area contributed by atoms with Crippen LogP contribution in [0.5, 0.6) is 0 Å². The summed E-state index contributed by atoms with van der Waals surface area (Å²) in [6, 6.07) is 5.81. The topological polar surface area (TPSA) is 67.3 Å². The summed E-state index contributed by atoms with van der Waals surface area (Å²) in [5, 5.41) is 3.92. The van der Waals surface area contributed by atoms with Gasteiger partial charge in [0.1, 0.15) is 11.0 Å². The van der Waals surface area contributed by atoms with E-state index in [-0.39, 0.29) is 11.9 Å². The summed E-state index contributed by atoms with van der Waals surface area (Å²) in [5.74, 6) is -0.0982. The van der Waals surface area contributed by atoms with Gasteiger partial charge in [-0.05, 0) is 50.2 Å². The number of fused-ring (bicyclic) bond motifs is 1. The molecule has 2 heterocycles. The lowest BCUT2D eigenvalue weighted by molar-refractivity contribution is -0.149. The molecule has 23 heavy (non-hydrogen) atoms. The van der Waals surface area contributed by atoms with Gasteiger partial charge in [0, 0.05) is 18.8 Å². The lowest BCUT2D eigenvalue weighted by atomic mass is 9.97. The number of esters is 1. The number of carbonyl (C=O) groups excluding carboxylic acids is 1. The molecule has 122 valence electrons. The van der Waals surface area contributed by atoms with E-state index >= 15 is 0 Å².